The van der Waals surface area contributed by atoms with Crippen molar-refractivity contribution in [3.63, 3.8) is 0 Å². The van der Waals surface area contributed by atoms with Crippen LogP contribution in [0.2, 0.25) is 0 Å². The molecule has 6 nitrogen and oxygen atoms in total. The Morgan fingerprint density at radius 3 is 2.74 bits per heavy atom. The average molecular weight is 382 g/mol. The number of nitrogens with zero attached hydrogens (tertiary/aromatic N) is 2. The topological polar surface area (TPSA) is 78.9 Å². The predicted octanol–water partition coefficient (Wildman–Crippen LogP) is 4.54. The summed E-state index contributed by atoms with van der Waals surface area (Å²) < 4.78 is 1.14. The van der Waals surface area contributed by atoms with E-state index in [2.05, 4.69) is 27.0 Å². The van der Waals surface area contributed by atoms with Crippen LogP contribution in [0.3, 0.4) is 0 Å². The third-order valence-corrected chi connectivity index (χ3v) is 5.78. The van der Waals surface area contributed by atoms with E-state index < -0.39 is 0 Å². The normalized spacial score (nSPS) is 14.9. The van der Waals surface area contributed by atoms with Gasteiger partial charge in [-0.15, -0.1) is 0 Å². The second kappa shape index (κ2) is 7.92. The van der Waals surface area contributed by atoms with Crippen molar-refractivity contribution in [2.75, 3.05) is 17.7 Å². The number of fused-ring (bicyclic) bond motifs is 1. The molecule has 3 aromatic rings. The van der Waals surface area contributed by atoms with Crippen molar-refractivity contribution >= 4 is 44.0 Å². The third-order valence-electron chi connectivity index (χ3n) is 4.83. The van der Waals surface area contributed by atoms with Crippen LogP contribution < -0.4 is 16.0 Å². The molecule has 0 unspecified atom stereocenters. The molecule has 0 atom stereocenters. The van der Waals surface area contributed by atoms with E-state index in [0.29, 0.717) is 11.7 Å². The van der Waals surface area contributed by atoms with E-state index in [1.807, 2.05) is 18.2 Å². The molecular formula is C20H23N5OS. The summed E-state index contributed by atoms with van der Waals surface area (Å²) in [6.07, 6.45) is 8.06. The molecule has 1 saturated carbocycles. The van der Waals surface area contributed by atoms with Crippen molar-refractivity contribution in [1.82, 2.24) is 15.3 Å². The van der Waals surface area contributed by atoms with Crippen molar-refractivity contribution in [1.29, 1.82) is 0 Å². The van der Waals surface area contributed by atoms with E-state index in [0.717, 1.165) is 26.7 Å². The fourth-order valence-electron chi connectivity index (χ4n) is 3.41. The van der Waals surface area contributed by atoms with Gasteiger partial charge in [-0.05, 0) is 43.2 Å². The summed E-state index contributed by atoms with van der Waals surface area (Å²) in [5.74, 6) is -0.199. The van der Waals surface area contributed by atoms with Crippen LogP contribution in [-0.2, 0) is 0 Å². The van der Waals surface area contributed by atoms with Crippen LogP contribution in [0.15, 0.2) is 36.5 Å². The van der Waals surface area contributed by atoms with E-state index in [4.69, 9.17) is 4.98 Å². The van der Waals surface area contributed by atoms with Gasteiger partial charge in [-0.3, -0.25) is 9.78 Å². The Balaban J connectivity index is 1.50. The SMILES string of the molecule is CNC(=O)c1cc(Nc2ccc3nc(NC4CCCCC4)sc3c2)ccn1. The highest BCUT2D eigenvalue weighted by atomic mass is 32.1. The minimum Gasteiger partial charge on any atom is -0.359 e. The number of aromatic nitrogens is 2. The zero-order valence-corrected chi connectivity index (χ0v) is 16.1. The first-order chi connectivity index (χ1) is 13.2. The lowest BCUT2D eigenvalue weighted by Gasteiger charge is -2.22. The molecule has 0 radical (unpaired) electrons. The Morgan fingerprint density at radius 2 is 1.93 bits per heavy atom. The lowest BCUT2D eigenvalue weighted by atomic mass is 9.96. The van der Waals surface area contributed by atoms with Crippen LogP contribution in [-0.4, -0.2) is 29.0 Å². The van der Waals surface area contributed by atoms with Crippen LogP contribution in [0.25, 0.3) is 10.2 Å². The molecule has 2 heterocycles. The molecule has 7 heteroatoms. The average Bonchev–Trinajstić information content (AvgIpc) is 3.10. The van der Waals surface area contributed by atoms with Gasteiger partial charge in [0.25, 0.3) is 5.91 Å². The van der Waals surface area contributed by atoms with Gasteiger partial charge in [0.05, 0.1) is 10.2 Å². The highest BCUT2D eigenvalue weighted by molar-refractivity contribution is 7.22. The molecule has 2 aromatic heterocycles. The van der Waals surface area contributed by atoms with Crippen LogP contribution in [0.1, 0.15) is 42.6 Å². The molecule has 4 rings (SSSR count). The van der Waals surface area contributed by atoms with Gasteiger partial charge in [0.15, 0.2) is 5.13 Å². The Labute approximate surface area is 162 Å². The Morgan fingerprint density at radius 1 is 1.11 bits per heavy atom. The lowest BCUT2D eigenvalue weighted by Crippen LogP contribution is -2.21. The number of carbonyl (C=O) groups excluding carboxylic acids is 1. The lowest BCUT2D eigenvalue weighted by molar-refractivity contribution is 0.0958. The first-order valence-corrected chi connectivity index (χ1v) is 10.2. The molecule has 1 aliphatic rings. The number of pyridine rings is 1. The molecule has 3 N–H and O–H groups in total. The largest absolute Gasteiger partial charge is 0.359 e. The minimum atomic E-state index is -0.199. The fourth-order valence-corrected chi connectivity index (χ4v) is 4.39. The summed E-state index contributed by atoms with van der Waals surface area (Å²) in [4.78, 5) is 20.6. The molecular weight excluding hydrogens is 358 g/mol. The van der Waals surface area contributed by atoms with Gasteiger partial charge in [-0.25, -0.2) is 4.98 Å². The molecule has 1 aromatic carbocycles. The quantitative estimate of drug-likeness (QED) is 0.605. The molecule has 1 amide bonds. The molecule has 0 saturated heterocycles. The standard InChI is InChI=1S/C20H23N5OS/c1-21-19(26)17-11-15(9-10-22-17)23-14-7-8-16-18(12-14)27-20(25-16)24-13-5-3-2-4-6-13/h7-13H,2-6H2,1H3,(H,21,26)(H,22,23)(H,24,25). The summed E-state index contributed by atoms with van der Waals surface area (Å²) in [6, 6.07) is 10.3. The predicted molar refractivity (Wildman–Crippen MR) is 111 cm³/mol. The number of anilines is 3. The highest BCUT2D eigenvalue weighted by Crippen LogP contribution is 2.31. The molecule has 27 heavy (non-hydrogen) atoms. The van der Waals surface area contributed by atoms with Gasteiger partial charge >= 0.3 is 0 Å². The zero-order valence-electron chi connectivity index (χ0n) is 15.3. The van der Waals surface area contributed by atoms with Crippen molar-refractivity contribution in [2.45, 2.75) is 38.1 Å². The molecule has 0 bridgehead atoms. The van der Waals surface area contributed by atoms with E-state index in [9.17, 15) is 4.79 Å². The first-order valence-electron chi connectivity index (χ1n) is 9.33. The molecule has 0 spiro atoms. The van der Waals surface area contributed by atoms with Crippen LogP contribution >= 0.6 is 11.3 Å². The fraction of sp³-hybridized carbons (Fsp3) is 0.350. The summed E-state index contributed by atoms with van der Waals surface area (Å²) in [5, 5.41) is 10.5. The summed E-state index contributed by atoms with van der Waals surface area (Å²) in [5.41, 5.74) is 3.18. The summed E-state index contributed by atoms with van der Waals surface area (Å²) in [7, 11) is 1.60. The second-order valence-corrected chi connectivity index (χ2v) is 7.85. The van der Waals surface area contributed by atoms with E-state index in [1.54, 1.807) is 30.6 Å². The van der Waals surface area contributed by atoms with Gasteiger partial charge in [0.2, 0.25) is 0 Å². The van der Waals surface area contributed by atoms with Crippen LogP contribution in [0.5, 0.6) is 0 Å². The number of thiazole rings is 1. The number of nitrogens with one attached hydrogen (secondary N) is 3. The highest BCUT2D eigenvalue weighted by Gasteiger charge is 2.15. The molecule has 1 fully saturated rings. The maximum Gasteiger partial charge on any atom is 0.269 e. The van der Waals surface area contributed by atoms with Gasteiger partial charge in [-0.2, -0.15) is 0 Å². The summed E-state index contributed by atoms with van der Waals surface area (Å²) >= 11 is 1.69. The van der Waals surface area contributed by atoms with Crippen molar-refractivity contribution in [3.05, 3.63) is 42.2 Å². The number of rotatable bonds is 5. The Hall–Kier alpha value is -2.67. The number of carbonyl (C=O) groups is 1. The van der Waals surface area contributed by atoms with Crippen LogP contribution in [0.4, 0.5) is 16.5 Å². The Kier molecular flexibility index (Phi) is 5.20. The van der Waals surface area contributed by atoms with Gasteiger partial charge in [-0.1, -0.05) is 30.6 Å². The van der Waals surface area contributed by atoms with Crippen LogP contribution in [0, 0.1) is 0 Å². The first kappa shape index (κ1) is 17.7. The second-order valence-electron chi connectivity index (χ2n) is 6.81. The minimum absolute atomic E-state index is 0.199. The number of hydrogen-bond donors (Lipinski definition) is 3. The van der Waals surface area contributed by atoms with Crippen molar-refractivity contribution in [2.24, 2.45) is 0 Å². The van der Waals surface area contributed by atoms with Gasteiger partial charge in [0, 0.05) is 30.7 Å². The Bertz CT molecular complexity index is 948. The van der Waals surface area contributed by atoms with E-state index in [1.165, 1.54) is 32.1 Å². The maximum absolute atomic E-state index is 11.7. The van der Waals surface area contributed by atoms with Crippen molar-refractivity contribution < 1.29 is 4.79 Å². The molecule has 1 aliphatic carbocycles. The van der Waals surface area contributed by atoms with E-state index in [-0.39, 0.29) is 5.91 Å². The third kappa shape index (κ3) is 4.19. The smallest absolute Gasteiger partial charge is 0.269 e. The van der Waals surface area contributed by atoms with E-state index >= 15 is 0 Å². The van der Waals surface area contributed by atoms with Gasteiger partial charge < -0.3 is 16.0 Å². The van der Waals surface area contributed by atoms with Crippen molar-refractivity contribution in [3.8, 4) is 0 Å². The molecule has 140 valence electrons. The number of hydrogen-bond acceptors (Lipinski definition) is 6. The number of amides is 1. The molecule has 0 aliphatic heterocycles. The summed E-state index contributed by atoms with van der Waals surface area (Å²) in [6.45, 7) is 0. The number of benzene rings is 1. The van der Waals surface area contributed by atoms with Gasteiger partial charge in [0.1, 0.15) is 5.69 Å². The maximum atomic E-state index is 11.7. The monoisotopic (exact) mass is 381 g/mol. The zero-order chi connectivity index (χ0) is 18.6.